The molecule has 4 rings (SSSR count). The molecule has 3 aromatic carbocycles. The van der Waals surface area contributed by atoms with Crippen LogP contribution in [0.15, 0.2) is 65.1 Å². The predicted molar refractivity (Wildman–Crippen MR) is 103 cm³/mol. The first kappa shape index (κ1) is 15.0. The molecule has 0 aliphatic carbocycles. The van der Waals surface area contributed by atoms with Crippen molar-refractivity contribution >= 4 is 21.9 Å². The van der Waals surface area contributed by atoms with Crippen molar-refractivity contribution in [2.45, 2.75) is 33.1 Å². The minimum absolute atomic E-state index is 0.0191. The highest BCUT2D eigenvalue weighted by Crippen LogP contribution is 2.42. The van der Waals surface area contributed by atoms with Crippen LogP contribution in [0.5, 0.6) is 0 Å². The van der Waals surface area contributed by atoms with E-state index in [1.165, 1.54) is 33.0 Å². The fraction of sp³-hybridized carbons (Fsp3) is 0.217. The summed E-state index contributed by atoms with van der Waals surface area (Å²) in [6.07, 6.45) is 0. The van der Waals surface area contributed by atoms with Crippen molar-refractivity contribution in [2.75, 3.05) is 0 Å². The molecule has 0 unspecified atom stereocenters. The minimum atomic E-state index is 0.0191. The molecule has 0 radical (unpaired) electrons. The van der Waals surface area contributed by atoms with Crippen LogP contribution in [0.25, 0.3) is 33.1 Å². The summed E-state index contributed by atoms with van der Waals surface area (Å²) in [6.45, 7) is 8.99. The van der Waals surface area contributed by atoms with Crippen LogP contribution < -0.4 is 0 Å². The Morgan fingerprint density at radius 3 is 2.33 bits per heavy atom. The molecule has 0 bridgehead atoms. The van der Waals surface area contributed by atoms with Gasteiger partial charge in [0.2, 0.25) is 0 Å². The first-order chi connectivity index (χ1) is 11.4. The first-order valence-corrected chi connectivity index (χ1v) is 8.47. The third-order valence-electron chi connectivity index (χ3n) is 4.62. The molecule has 0 N–H and O–H groups in total. The summed E-state index contributed by atoms with van der Waals surface area (Å²) >= 11 is 0. The molecule has 0 saturated carbocycles. The zero-order chi connectivity index (χ0) is 16.9. The summed E-state index contributed by atoms with van der Waals surface area (Å²) in [5, 5.41) is 2.45. The largest absolute Gasteiger partial charge is 0.456 e. The van der Waals surface area contributed by atoms with Crippen LogP contribution in [0.2, 0.25) is 0 Å². The lowest BCUT2D eigenvalue weighted by Gasteiger charge is -2.24. The van der Waals surface area contributed by atoms with Crippen molar-refractivity contribution in [1.29, 1.82) is 0 Å². The van der Waals surface area contributed by atoms with Gasteiger partial charge in [-0.2, -0.15) is 0 Å². The Morgan fingerprint density at radius 2 is 1.58 bits per heavy atom. The fourth-order valence-electron chi connectivity index (χ4n) is 3.65. The van der Waals surface area contributed by atoms with Crippen molar-refractivity contribution in [3.63, 3.8) is 0 Å². The Hall–Kier alpha value is -2.54. The van der Waals surface area contributed by atoms with Crippen LogP contribution in [0.3, 0.4) is 0 Å². The van der Waals surface area contributed by atoms with Gasteiger partial charge >= 0.3 is 0 Å². The molecule has 0 fully saturated rings. The number of rotatable bonds is 1. The van der Waals surface area contributed by atoms with Gasteiger partial charge in [0.15, 0.2) is 0 Å². The van der Waals surface area contributed by atoms with E-state index in [2.05, 4.69) is 76.2 Å². The Morgan fingerprint density at radius 1 is 0.792 bits per heavy atom. The van der Waals surface area contributed by atoms with E-state index in [1.807, 2.05) is 12.1 Å². The molecule has 0 aliphatic rings. The molecule has 0 atom stereocenters. The molecular weight excluding hydrogens is 292 g/mol. The second-order valence-electron chi connectivity index (χ2n) is 7.58. The number of fused-ring (bicyclic) bond motifs is 3. The third-order valence-corrected chi connectivity index (χ3v) is 4.62. The van der Waals surface area contributed by atoms with Crippen molar-refractivity contribution in [1.82, 2.24) is 0 Å². The summed E-state index contributed by atoms with van der Waals surface area (Å²) in [7, 11) is 0. The molecule has 0 aliphatic heterocycles. The van der Waals surface area contributed by atoms with Gasteiger partial charge in [-0.3, -0.25) is 0 Å². The van der Waals surface area contributed by atoms with Crippen LogP contribution in [0, 0.1) is 6.92 Å². The smallest absolute Gasteiger partial charge is 0.135 e. The molecule has 24 heavy (non-hydrogen) atoms. The second-order valence-corrected chi connectivity index (χ2v) is 7.58. The van der Waals surface area contributed by atoms with Crippen molar-refractivity contribution < 1.29 is 4.42 Å². The zero-order valence-corrected chi connectivity index (χ0v) is 14.7. The predicted octanol–water partition coefficient (Wildman–Crippen LogP) is 6.86. The van der Waals surface area contributed by atoms with Gasteiger partial charge in [-0.1, -0.05) is 74.9 Å². The SMILES string of the molecule is Cc1cccc(-c2ccc3oc4ccccc4c3c2C(C)(C)C)c1. The van der Waals surface area contributed by atoms with E-state index >= 15 is 0 Å². The second kappa shape index (κ2) is 5.24. The van der Waals surface area contributed by atoms with E-state index in [0.717, 1.165) is 11.2 Å². The van der Waals surface area contributed by atoms with Crippen LogP contribution in [-0.4, -0.2) is 0 Å². The Balaban J connectivity index is 2.17. The number of aryl methyl sites for hydroxylation is 1. The minimum Gasteiger partial charge on any atom is -0.456 e. The molecule has 0 saturated heterocycles. The zero-order valence-electron chi connectivity index (χ0n) is 14.7. The van der Waals surface area contributed by atoms with Gasteiger partial charge in [-0.25, -0.2) is 0 Å². The van der Waals surface area contributed by atoms with Gasteiger partial charge in [0.25, 0.3) is 0 Å². The van der Waals surface area contributed by atoms with Crippen LogP contribution in [0.1, 0.15) is 31.9 Å². The summed E-state index contributed by atoms with van der Waals surface area (Å²) in [4.78, 5) is 0. The molecule has 4 aromatic rings. The molecule has 120 valence electrons. The standard InChI is InChI=1S/C23H22O/c1-15-8-7-9-16(14-15)17-12-13-20-21(22(17)23(2,3)4)18-10-5-6-11-19(18)24-20/h5-14H,1-4H3. The lowest BCUT2D eigenvalue weighted by atomic mass is 9.79. The highest BCUT2D eigenvalue weighted by atomic mass is 16.3. The van der Waals surface area contributed by atoms with E-state index in [-0.39, 0.29) is 5.41 Å². The monoisotopic (exact) mass is 314 g/mol. The molecule has 1 heteroatoms. The lowest BCUT2D eigenvalue weighted by Crippen LogP contribution is -2.13. The van der Waals surface area contributed by atoms with Gasteiger partial charge in [0.05, 0.1) is 0 Å². The highest BCUT2D eigenvalue weighted by Gasteiger charge is 2.24. The van der Waals surface area contributed by atoms with Crippen molar-refractivity contribution in [3.05, 3.63) is 71.8 Å². The van der Waals surface area contributed by atoms with E-state index in [0.29, 0.717) is 0 Å². The van der Waals surface area contributed by atoms with E-state index in [9.17, 15) is 0 Å². The average Bonchev–Trinajstić information content (AvgIpc) is 2.91. The highest BCUT2D eigenvalue weighted by molar-refractivity contribution is 6.09. The summed E-state index contributed by atoms with van der Waals surface area (Å²) in [5.41, 5.74) is 7.15. The lowest BCUT2D eigenvalue weighted by molar-refractivity contribution is 0.596. The van der Waals surface area contributed by atoms with Crippen molar-refractivity contribution in [2.24, 2.45) is 0 Å². The Kier molecular flexibility index (Phi) is 3.28. The number of para-hydroxylation sites is 1. The molecule has 1 aromatic heterocycles. The van der Waals surface area contributed by atoms with Gasteiger partial charge in [-0.05, 0) is 41.2 Å². The molecule has 1 nitrogen and oxygen atoms in total. The summed E-state index contributed by atoms with van der Waals surface area (Å²) in [5.74, 6) is 0. The Bertz CT molecular complexity index is 1040. The van der Waals surface area contributed by atoms with Crippen molar-refractivity contribution in [3.8, 4) is 11.1 Å². The maximum absolute atomic E-state index is 6.10. The number of hydrogen-bond donors (Lipinski definition) is 0. The summed E-state index contributed by atoms with van der Waals surface area (Å²) < 4.78 is 6.10. The maximum Gasteiger partial charge on any atom is 0.135 e. The third kappa shape index (κ3) is 2.32. The summed E-state index contributed by atoms with van der Waals surface area (Å²) in [6, 6.07) is 21.4. The Labute approximate surface area is 142 Å². The molecule has 1 heterocycles. The van der Waals surface area contributed by atoms with Gasteiger partial charge in [-0.15, -0.1) is 0 Å². The average molecular weight is 314 g/mol. The van der Waals surface area contributed by atoms with E-state index < -0.39 is 0 Å². The fourth-order valence-corrected chi connectivity index (χ4v) is 3.65. The first-order valence-electron chi connectivity index (χ1n) is 8.47. The van der Waals surface area contributed by atoms with Gasteiger partial charge in [0.1, 0.15) is 11.2 Å². The van der Waals surface area contributed by atoms with E-state index in [1.54, 1.807) is 0 Å². The molecule has 0 spiro atoms. The number of furan rings is 1. The maximum atomic E-state index is 6.10. The van der Waals surface area contributed by atoms with Crippen LogP contribution in [0.4, 0.5) is 0 Å². The topological polar surface area (TPSA) is 13.1 Å². The molecule has 0 amide bonds. The van der Waals surface area contributed by atoms with E-state index in [4.69, 9.17) is 4.42 Å². The number of hydrogen-bond acceptors (Lipinski definition) is 1. The quantitative estimate of drug-likeness (QED) is 0.374. The van der Waals surface area contributed by atoms with Crippen LogP contribution >= 0.6 is 0 Å². The normalized spacial score (nSPS) is 12.2. The number of benzene rings is 3. The van der Waals surface area contributed by atoms with Crippen LogP contribution in [-0.2, 0) is 5.41 Å². The molecular formula is C23H22O. The van der Waals surface area contributed by atoms with Gasteiger partial charge < -0.3 is 4.42 Å². The van der Waals surface area contributed by atoms with Gasteiger partial charge in [0, 0.05) is 10.8 Å².